The lowest BCUT2D eigenvalue weighted by Crippen LogP contribution is -2.20. The minimum absolute atomic E-state index is 0.131. The molecule has 110 valence electrons. The number of nitrogens with zero attached hydrogens (tertiary/aromatic N) is 1. The van der Waals surface area contributed by atoms with Crippen molar-refractivity contribution in [3.05, 3.63) is 54.2 Å². The summed E-state index contributed by atoms with van der Waals surface area (Å²) >= 11 is 0. The molecule has 1 heterocycles. The van der Waals surface area contributed by atoms with Crippen molar-refractivity contribution in [2.75, 3.05) is 30.8 Å². The fraction of sp³-hybridized carbons (Fsp3) is 0.250. The zero-order chi connectivity index (χ0) is 14.9. The van der Waals surface area contributed by atoms with Gasteiger partial charge in [0.1, 0.15) is 5.82 Å². The number of hydrogen-bond acceptors (Lipinski definition) is 4. The predicted octanol–water partition coefficient (Wildman–Crippen LogP) is 2.36. The standard InChI is InChI=1S/C16H20N4O/c1-17-16(21)14-9-5-10-19-15(14)20-12-6-11-18-13-7-3-2-4-8-13/h2-5,7-10,18H,6,11-12H2,1H3,(H,17,21)(H,19,20). The third-order valence-corrected chi connectivity index (χ3v) is 3.03. The summed E-state index contributed by atoms with van der Waals surface area (Å²) in [6.45, 7) is 1.61. The van der Waals surface area contributed by atoms with E-state index in [4.69, 9.17) is 0 Å². The van der Waals surface area contributed by atoms with E-state index >= 15 is 0 Å². The Balaban J connectivity index is 1.77. The van der Waals surface area contributed by atoms with E-state index in [9.17, 15) is 4.79 Å². The lowest BCUT2D eigenvalue weighted by molar-refractivity contribution is 0.0963. The lowest BCUT2D eigenvalue weighted by Gasteiger charge is -2.10. The van der Waals surface area contributed by atoms with E-state index in [1.54, 1.807) is 25.4 Å². The molecule has 0 saturated heterocycles. The van der Waals surface area contributed by atoms with Gasteiger partial charge >= 0.3 is 0 Å². The van der Waals surface area contributed by atoms with Crippen LogP contribution in [0.4, 0.5) is 11.5 Å². The summed E-state index contributed by atoms with van der Waals surface area (Å²) in [6, 6.07) is 13.6. The number of nitrogens with one attached hydrogen (secondary N) is 3. The van der Waals surface area contributed by atoms with Gasteiger partial charge in [-0.05, 0) is 30.7 Å². The number of hydrogen-bond donors (Lipinski definition) is 3. The molecule has 2 rings (SSSR count). The molecule has 0 unspecified atom stereocenters. The number of anilines is 2. The largest absolute Gasteiger partial charge is 0.385 e. The molecule has 21 heavy (non-hydrogen) atoms. The fourth-order valence-electron chi connectivity index (χ4n) is 1.95. The molecule has 1 aromatic heterocycles. The molecule has 5 nitrogen and oxygen atoms in total. The van der Waals surface area contributed by atoms with Crippen molar-refractivity contribution in [3.8, 4) is 0 Å². The summed E-state index contributed by atoms with van der Waals surface area (Å²) in [5, 5.41) is 9.16. The molecule has 0 spiro atoms. The van der Waals surface area contributed by atoms with Crippen LogP contribution in [0.15, 0.2) is 48.7 Å². The average molecular weight is 284 g/mol. The highest BCUT2D eigenvalue weighted by Crippen LogP contribution is 2.11. The maximum Gasteiger partial charge on any atom is 0.254 e. The Labute approximate surface area is 124 Å². The number of carbonyl (C=O) groups excluding carboxylic acids is 1. The number of benzene rings is 1. The normalized spacial score (nSPS) is 9.95. The van der Waals surface area contributed by atoms with Gasteiger partial charge in [-0.15, -0.1) is 0 Å². The molecular formula is C16H20N4O. The molecule has 0 aliphatic rings. The van der Waals surface area contributed by atoms with Gasteiger partial charge in [0.05, 0.1) is 5.56 Å². The zero-order valence-electron chi connectivity index (χ0n) is 12.1. The van der Waals surface area contributed by atoms with Crippen LogP contribution in [0.1, 0.15) is 16.8 Å². The summed E-state index contributed by atoms with van der Waals surface area (Å²) in [5.41, 5.74) is 1.68. The highest BCUT2D eigenvalue weighted by Gasteiger charge is 2.09. The second-order valence-corrected chi connectivity index (χ2v) is 4.55. The van der Waals surface area contributed by atoms with Crippen LogP contribution in [0.2, 0.25) is 0 Å². The van der Waals surface area contributed by atoms with Crippen LogP contribution < -0.4 is 16.0 Å². The third kappa shape index (κ3) is 4.49. The van der Waals surface area contributed by atoms with E-state index in [0.29, 0.717) is 11.4 Å². The topological polar surface area (TPSA) is 66.0 Å². The molecule has 1 aromatic carbocycles. The Morgan fingerprint density at radius 3 is 2.57 bits per heavy atom. The van der Waals surface area contributed by atoms with Gasteiger partial charge in [-0.1, -0.05) is 18.2 Å². The molecule has 0 saturated carbocycles. The highest BCUT2D eigenvalue weighted by atomic mass is 16.1. The molecule has 0 aliphatic carbocycles. The zero-order valence-corrected chi connectivity index (χ0v) is 12.1. The van der Waals surface area contributed by atoms with Crippen molar-refractivity contribution in [2.24, 2.45) is 0 Å². The van der Waals surface area contributed by atoms with Crippen molar-refractivity contribution in [2.45, 2.75) is 6.42 Å². The molecule has 0 bridgehead atoms. The van der Waals surface area contributed by atoms with Crippen LogP contribution in [-0.2, 0) is 0 Å². The fourth-order valence-corrected chi connectivity index (χ4v) is 1.95. The molecule has 0 radical (unpaired) electrons. The first-order valence-electron chi connectivity index (χ1n) is 7.01. The number of amides is 1. The Bertz CT molecular complexity index is 571. The Morgan fingerprint density at radius 2 is 1.81 bits per heavy atom. The minimum Gasteiger partial charge on any atom is -0.385 e. The van der Waals surface area contributed by atoms with Gasteiger partial charge < -0.3 is 16.0 Å². The van der Waals surface area contributed by atoms with Crippen LogP contribution in [0.5, 0.6) is 0 Å². The van der Waals surface area contributed by atoms with Crippen molar-refractivity contribution in [1.29, 1.82) is 0 Å². The molecule has 5 heteroatoms. The number of rotatable bonds is 7. The summed E-state index contributed by atoms with van der Waals surface area (Å²) in [7, 11) is 1.61. The summed E-state index contributed by atoms with van der Waals surface area (Å²) in [5.74, 6) is 0.490. The van der Waals surface area contributed by atoms with Gasteiger partial charge in [0.2, 0.25) is 0 Å². The first-order valence-corrected chi connectivity index (χ1v) is 7.01. The summed E-state index contributed by atoms with van der Waals surface area (Å²) in [6.07, 6.45) is 2.61. The van der Waals surface area contributed by atoms with E-state index in [1.165, 1.54) is 0 Å². The van der Waals surface area contributed by atoms with Crippen LogP contribution in [0.3, 0.4) is 0 Å². The maximum absolute atomic E-state index is 11.7. The smallest absolute Gasteiger partial charge is 0.254 e. The van der Waals surface area contributed by atoms with E-state index in [2.05, 4.69) is 20.9 Å². The third-order valence-electron chi connectivity index (χ3n) is 3.03. The quantitative estimate of drug-likeness (QED) is 0.683. The first kappa shape index (κ1) is 14.8. The number of carbonyl (C=O) groups is 1. The molecule has 2 aromatic rings. The Morgan fingerprint density at radius 1 is 1.05 bits per heavy atom. The van der Waals surface area contributed by atoms with Crippen molar-refractivity contribution >= 4 is 17.4 Å². The van der Waals surface area contributed by atoms with E-state index < -0.39 is 0 Å². The number of aromatic nitrogens is 1. The SMILES string of the molecule is CNC(=O)c1cccnc1NCCCNc1ccccc1. The molecule has 1 amide bonds. The first-order chi connectivity index (χ1) is 10.3. The van der Waals surface area contributed by atoms with Gasteiger partial charge in [-0.25, -0.2) is 4.98 Å². The molecule has 0 atom stereocenters. The molecular weight excluding hydrogens is 264 g/mol. The van der Waals surface area contributed by atoms with Crippen molar-refractivity contribution in [1.82, 2.24) is 10.3 Å². The van der Waals surface area contributed by atoms with E-state index in [1.807, 2.05) is 30.3 Å². The van der Waals surface area contributed by atoms with E-state index in [-0.39, 0.29) is 5.91 Å². The van der Waals surface area contributed by atoms with Crippen LogP contribution in [0.25, 0.3) is 0 Å². The number of pyridine rings is 1. The highest BCUT2D eigenvalue weighted by molar-refractivity contribution is 5.98. The minimum atomic E-state index is -0.131. The van der Waals surface area contributed by atoms with Gasteiger partial charge in [-0.2, -0.15) is 0 Å². The molecule has 0 aliphatic heterocycles. The summed E-state index contributed by atoms with van der Waals surface area (Å²) < 4.78 is 0. The van der Waals surface area contributed by atoms with Crippen molar-refractivity contribution in [3.63, 3.8) is 0 Å². The molecule has 0 fully saturated rings. The van der Waals surface area contributed by atoms with Gasteiger partial charge in [0.15, 0.2) is 0 Å². The average Bonchev–Trinajstić information content (AvgIpc) is 2.55. The van der Waals surface area contributed by atoms with Gasteiger partial charge in [0.25, 0.3) is 5.91 Å². The Kier molecular flexibility index (Phi) is 5.58. The second-order valence-electron chi connectivity index (χ2n) is 4.55. The summed E-state index contributed by atoms with van der Waals surface area (Å²) in [4.78, 5) is 15.9. The lowest BCUT2D eigenvalue weighted by atomic mass is 10.2. The van der Waals surface area contributed by atoms with Crippen LogP contribution in [0, 0.1) is 0 Å². The van der Waals surface area contributed by atoms with Crippen LogP contribution in [-0.4, -0.2) is 31.0 Å². The maximum atomic E-state index is 11.7. The van der Waals surface area contributed by atoms with Gasteiger partial charge in [-0.3, -0.25) is 4.79 Å². The van der Waals surface area contributed by atoms with Gasteiger partial charge in [0, 0.05) is 32.0 Å². The predicted molar refractivity (Wildman–Crippen MR) is 85.7 cm³/mol. The van der Waals surface area contributed by atoms with Crippen LogP contribution >= 0.6 is 0 Å². The van der Waals surface area contributed by atoms with Crippen molar-refractivity contribution < 1.29 is 4.79 Å². The van der Waals surface area contributed by atoms with E-state index in [0.717, 1.165) is 25.2 Å². The second kappa shape index (κ2) is 7.89. The molecule has 3 N–H and O–H groups in total. The Hall–Kier alpha value is -2.56. The number of para-hydroxylation sites is 1. The monoisotopic (exact) mass is 284 g/mol.